The largest absolute Gasteiger partial charge is 0.381 e. The maximum Gasteiger partial charge on any atom is 0.203 e. The summed E-state index contributed by atoms with van der Waals surface area (Å²) in [5.41, 5.74) is 6.50. The lowest BCUT2D eigenvalue weighted by Crippen LogP contribution is -2.10. The van der Waals surface area contributed by atoms with E-state index in [0.29, 0.717) is 17.4 Å². The normalized spacial score (nSPS) is 31.4. The predicted molar refractivity (Wildman–Crippen MR) is 63.4 cm³/mol. The Morgan fingerprint density at radius 3 is 3.00 bits per heavy atom. The van der Waals surface area contributed by atoms with Gasteiger partial charge in [0.25, 0.3) is 0 Å². The van der Waals surface area contributed by atoms with Gasteiger partial charge in [0.2, 0.25) is 5.65 Å². The van der Waals surface area contributed by atoms with Crippen LogP contribution in [0.15, 0.2) is 12.4 Å². The molecule has 0 amide bonds. The molecule has 0 radical (unpaired) electrons. The minimum absolute atomic E-state index is 0.464. The molecule has 0 saturated heterocycles. The fourth-order valence-electron chi connectivity index (χ4n) is 3.23. The van der Waals surface area contributed by atoms with Crippen LogP contribution in [0.4, 0.5) is 5.82 Å². The summed E-state index contributed by atoms with van der Waals surface area (Å²) in [6.45, 7) is 0. The van der Waals surface area contributed by atoms with E-state index in [4.69, 9.17) is 5.73 Å². The lowest BCUT2D eigenvalue weighted by atomic mass is 9.89. The highest BCUT2D eigenvalue weighted by Crippen LogP contribution is 2.53. The molecule has 2 heterocycles. The molecule has 2 aromatic rings. The van der Waals surface area contributed by atoms with Gasteiger partial charge in [0, 0.05) is 18.3 Å². The topological polar surface area (TPSA) is 69.1 Å². The number of hydrogen-bond acceptors (Lipinski definition) is 4. The number of rotatable bonds is 1. The Bertz CT molecular complexity index is 575. The SMILES string of the molecule is Nc1nccn2c(C3CCC4CC4C3)nnc12. The van der Waals surface area contributed by atoms with Gasteiger partial charge in [-0.2, -0.15) is 0 Å². The van der Waals surface area contributed by atoms with E-state index in [1.807, 2.05) is 10.6 Å². The first kappa shape index (κ1) is 9.39. The molecule has 2 saturated carbocycles. The summed E-state index contributed by atoms with van der Waals surface area (Å²) < 4.78 is 2.01. The molecule has 2 aliphatic rings. The van der Waals surface area contributed by atoms with Crippen molar-refractivity contribution in [3.63, 3.8) is 0 Å². The fourth-order valence-corrected chi connectivity index (χ4v) is 3.23. The van der Waals surface area contributed by atoms with Gasteiger partial charge in [-0.15, -0.1) is 10.2 Å². The predicted octanol–water partition coefficient (Wildman–Crippen LogP) is 1.61. The molecular weight excluding hydrogens is 214 g/mol. The first-order chi connectivity index (χ1) is 8.33. The van der Waals surface area contributed by atoms with Crippen LogP contribution in [0.25, 0.3) is 5.65 Å². The van der Waals surface area contributed by atoms with Gasteiger partial charge in [-0.1, -0.05) is 0 Å². The summed E-state index contributed by atoms with van der Waals surface area (Å²) in [6, 6.07) is 0. The Kier molecular flexibility index (Phi) is 1.76. The molecule has 0 aliphatic heterocycles. The molecule has 5 heteroatoms. The van der Waals surface area contributed by atoms with Crippen LogP contribution in [0, 0.1) is 11.8 Å². The van der Waals surface area contributed by atoms with Crippen LogP contribution in [-0.4, -0.2) is 19.6 Å². The van der Waals surface area contributed by atoms with Gasteiger partial charge >= 0.3 is 0 Å². The van der Waals surface area contributed by atoms with Crippen molar-refractivity contribution in [3.05, 3.63) is 18.2 Å². The summed E-state index contributed by atoms with van der Waals surface area (Å²) in [7, 11) is 0. The maximum absolute atomic E-state index is 5.80. The molecular formula is C12H15N5. The number of nitrogens with zero attached hydrogens (tertiary/aromatic N) is 4. The van der Waals surface area contributed by atoms with Crippen LogP contribution in [0.2, 0.25) is 0 Å². The minimum Gasteiger partial charge on any atom is -0.381 e. The first-order valence-electron chi connectivity index (χ1n) is 6.28. The summed E-state index contributed by atoms with van der Waals surface area (Å²) in [4.78, 5) is 4.04. The van der Waals surface area contributed by atoms with Crippen LogP contribution in [-0.2, 0) is 0 Å². The highest BCUT2D eigenvalue weighted by molar-refractivity contribution is 5.58. The Balaban J connectivity index is 1.77. The average Bonchev–Trinajstić information content (AvgIpc) is 2.98. The van der Waals surface area contributed by atoms with E-state index in [2.05, 4.69) is 15.2 Å². The number of nitrogen functional groups attached to an aromatic ring is 1. The second-order valence-electron chi connectivity index (χ2n) is 5.33. The molecule has 2 fully saturated rings. The van der Waals surface area contributed by atoms with Crippen molar-refractivity contribution >= 4 is 11.5 Å². The molecule has 0 spiro atoms. The monoisotopic (exact) mass is 229 g/mol. The molecule has 4 rings (SSSR count). The lowest BCUT2D eigenvalue weighted by Gasteiger charge is -2.19. The number of aromatic nitrogens is 4. The maximum atomic E-state index is 5.80. The third-order valence-electron chi connectivity index (χ3n) is 4.29. The smallest absolute Gasteiger partial charge is 0.203 e. The lowest BCUT2D eigenvalue weighted by molar-refractivity contribution is 0.408. The highest BCUT2D eigenvalue weighted by atomic mass is 15.3. The molecule has 2 aliphatic carbocycles. The summed E-state index contributed by atoms with van der Waals surface area (Å²) in [5.74, 6) is 4.04. The summed E-state index contributed by atoms with van der Waals surface area (Å²) in [5, 5.41) is 8.48. The molecule has 2 aromatic heterocycles. The fraction of sp³-hybridized carbons (Fsp3) is 0.583. The van der Waals surface area contributed by atoms with Gasteiger partial charge in [0.05, 0.1) is 0 Å². The average molecular weight is 229 g/mol. The molecule has 88 valence electrons. The Hall–Kier alpha value is -1.65. The van der Waals surface area contributed by atoms with E-state index in [1.54, 1.807) is 6.20 Å². The summed E-state index contributed by atoms with van der Waals surface area (Å²) >= 11 is 0. The van der Waals surface area contributed by atoms with Crippen molar-refractivity contribution in [1.82, 2.24) is 19.6 Å². The minimum atomic E-state index is 0.464. The van der Waals surface area contributed by atoms with Gasteiger partial charge in [0.15, 0.2) is 5.82 Å². The standard InChI is InChI=1S/C12H15N5/c13-10-12-16-15-11(17(12)4-3-14-10)8-2-1-7-5-9(7)6-8/h3-4,7-9H,1-2,5-6H2,(H2,13,14). The Morgan fingerprint density at radius 2 is 2.12 bits per heavy atom. The van der Waals surface area contributed by atoms with Crippen LogP contribution >= 0.6 is 0 Å². The third kappa shape index (κ3) is 1.34. The third-order valence-corrected chi connectivity index (χ3v) is 4.29. The van der Waals surface area contributed by atoms with Gasteiger partial charge < -0.3 is 5.73 Å². The zero-order chi connectivity index (χ0) is 11.4. The Morgan fingerprint density at radius 1 is 1.18 bits per heavy atom. The number of nitrogens with two attached hydrogens (primary N) is 1. The number of fused-ring (bicyclic) bond motifs is 2. The van der Waals surface area contributed by atoms with E-state index >= 15 is 0 Å². The van der Waals surface area contributed by atoms with Gasteiger partial charge in [0.1, 0.15) is 5.82 Å². The van der Waals surface area contributed by atoms with Crippen LogP contribution < -0.4 is 5.73 Å². The van der Waals surface area contributed by atoms with Crippen molar-refractivity contribution in [2.45, 2.75) is 31.6 Å². The van der Waals surface area contributed by atoms with Crippen molar-refractivity contribution < 1.29 is 0 Å². The zero-order valence-corrected chi connectivity index (χ0v) is 9.58. The van der Waals surface area contributed by atoms with Crippen molar-refractivity contribution in [1.29, 1.82) is 0 Å². The van der Waals surface area contributed by atoms with Crippen LogP contribution in [0.5, 0.6) is 0 Å². The van der Waals surface area contributed by atoms with E-state index in [-0.39, 0.29) is 0 Å². The number of anilines is 1. The molecule has 2 N–H and O–H groups in total. The van der Waals surface area contributed by atoms with Gasteiger partial charge in [-0.25, -0.2) is 4.98 Å². The molecule has 3 atom stereocenters. The second kappa shape index (κ2) is 3.18. The quantitative estimate of drug-likeness (QED) is 0.806. The van der Waals surface area contributed by atoms with Crippen LogP contribution in [0.1, 0.15) is 37.4 Å². The van der Waals surface area contributed by atoms with E-state index in [9.17, 15) is 0 Å². The van der Waals surface area contributed by atoms with E-state index < -0.39 is 0 Å². The molecule has 17 heavy (non-hydrogen) atoms. The van der Waals surface area contributed by atoms with Crippen molar-refractivity contribution in [2.24, 2.45) is 11.8 Å². The highest BCUT2D eigenvalue weighted by Gasteiger charge is 2.43. The second-order valence-corrected chi connectivity index (χ2v) is 5.33. The summed E-state index contributed by atoms with van der Waals surface area (Å²) in [6.07, 6.45) is 8.93. The van der Waals surface area contributed by atoms with Crippen molar-refractivity contribution in [3.8, 4) is 0 Å². The molecule has 0 aromatic carbocycles. The van der Waals surface area contributed by atoms with Gasteiger partial charge in [-0.3, -0.25) is 4.40 Å². The first-order valence-corrected chi connectivity index (χ1v) is 6.28. The van der Waals surface area contributed by atoms with Crippen LogP contribution in [0.3, 0.4) is 0 Å². The Labute approximate surface area is 99.1 Å². The number of hydrogen-bond donors (Lipinski definition) is 1. The van der Waals surface area contributed by atoms with Gasteiger partial charge in [-0.05, 0) is 37.5 Å². The van der Waals surface area contributed by atoms with Crippen molar-refractivity contribution in [2.75, 3.05) is 5.73 Å². The zero-order valence-electron chi connectivity index (χ0n) is 9.58. The molecule has 0 bridgehead atoms. The van der Waals surface area contributed by atoms with E-state index in [0.717, 1.165) is 17.7 Å². The molecule has 5 nitrogen and oxygen atoms in total. The van der Waals surface area contributed by atoms with E-state index in [1.165, 1.54) is 25.7 Å². The molecule has 3 unspecified atom stereocenters.